The fourth-order valence-corrected chi connectivity index (χ4v) is 7.34. The van der Waals surface area contributed by atoms with Crippen molar-refractivity contribution in [1.82, 2.24) is 28.7 Å². The van der Waals surface area contributed by atoms with Crippen molar-refractivity contribution >= 4 is 43.7 Å². The minimum atomic E-state index is -0.215. The van der Waals surface area contributed by atoms with Gasteiger partial charge < -0.3 is 4.57 Å². The average molecular weight is 657 g/mol. The van der Waals surface area contributed by atoms with Crippen LogP contribution in [0, 0.1) is 0 Å². The fraction of sp³-hybridized carbons (Fsp3) is 0. The second-order valence-electron chi connectivity index (χ2n) is 12.5. The van der Waals surface area contributed by atoms with E-state index < -0.39 is 0 Å². The Morgan fingerprint density at radius 2 is 0.824 bits per heavy atom. The second kappa shape index (κ2) is 11.5. The summed E-state index contributed by atoms with van der Waals surface area (Å²) in [5, 5.41) is 3.39. The molecule has 0 aliphatic heterocycles. The van der Waals surface area contributed by atoms with Gasteiger partial charge in [-0.3, -0.25) is 9.36 Å². The van der Waals surface area contributed by atoms with Crippen molar-refractivity contribution in [2.75, 3.05) is 0 Å². The quantitative estimate of drug-likeness (QED) is 0.185. The van der Waals surface area contributed by atoms with Crippen molar-refractivity contribution in [2.24, 2.45) is 0 Å². The minimum Gasteiger partial charge on any atom is -0.308 e. The van der Waals surface area contributed by atoms with E-state index >= 15 is 4.79 Å². The van der Waals surface area contributed by atoms with Crippen LogP contribution in [0.2, 0.25) is 0 Å². The van der Waals surface area contributed by atoms with Crippen molar-refractivity contribution in [2.45, 2.75) is 0 Å². The van der Waals surface area contributed by atoms with E-state index in [1.807, 2.05) is 121 Å². The highest BCUT2D eigenvalue weighted by Crippen LogP contribution is 2.41. The van der Waals surface area contributed by atoms with Crippen LogP contribution in [-0.2, 0) is 0 Å². The monoisotopic (exact) mass is 656 g/mol. The van der Waals surface area contributed by atoms with Gasteiger partial charge in [0.05, 0.1) is 27.3 Å². The van der Waals surface area contributed by atoms with Crippen LogP contribution in [0.1, 0.15) is 0 Å². The molecule has 10 aromatic rings. The maximum Gasteiger partial charge on any atom is 0.269 e. The zero-order valence-electron chi connectivity index (χ0n) is 27.3. The molecule has 4 heterocycles. The lowest BCUT2D eigenvalue weighted by atomic mass is 10.1. The van der Waals surface area contributed by atoms with E-state index in [1.165, 1.54) is 0 Å². The van der Waals surface area contributed by atoms with Crippen LogP contribution in [0.4, 0.5) is 0 Å². The Bertz CT molecular complexity index is 2910. The van der Waals surface area contributed by atoms with Crippen molar-refractivity contribution in [3.8, 4) is 40.1 Å². The molecule has 7 nitrogen and oxygen atoms in total. The van der Waals surface area contributed by atoms with Crippen LogP contribution in [0.3, 0.4) is 0 Å². The Labute approximate surface area is 292 Å². The third-order valence-electron chi connectivity index (χ3n) is 9.51. The van der Waals surface area contributed by atoms with E-state index in [0.717, 1.165) is 55.2 Å². The summed E-state index contributed by atoms with van der Waals surface area (Å²) in [4.78, 5) is 30.7. The van der Waals surface area contributed by atoms with Gasteiger partial charge in [-0.1, -0.05) is 133 Å². The fourth-order valence-electron chi connectivity index (χ4n) is 7.34. The predicted molar refractivity (Wildman–Crippen MR) is 205 cm³/mol. The van der Waals surface area contributed by atoms with E-state index in [4.69, 9.17) is 15.0 Å². The Kier molecular flexibility index (Phi) is 6.50. The van der Waals surface area contributed by atoms with Gasteiger partial charge in [0, 0.05) is 33.3 Å². The number of nitrogens with zero attached hydrogens (tertiary/aromatic N) is 6. The Morgan fingerprint density at radius 3 is 1.37 bits per heavy atom. The van der Waals surface area contributed by atoms with Gasteiger partial charge in [-0.05, 0) is 36.4 Å². The molecule has 0 spiro atoms. The molecule has 0 saturated carbocycles. The van der Waals surface area contributed by atoms with Gasteiger partial charge in [0.2, 0.25) is 5.95 Å². The molecule has 0 saturated heterocycles. The first-order chi connectivity index (χ1) is 25.3. The van der Waals surface area contributed by atoms with Crippen LogP contribution >= 0.6 is 0 Å². The molecule has 0 N–H and O–H groups in total. The Balaban J connectivity index is 1.47. The molecular weight excluding hydrogens is 629 g/mol. The third kappa shape index (κ3) is 4.45. The van der Waals surface area contributed by atoms with Crippen LogP contribution < -0.4 is 5.56 Å². The van der Waals surface area contributed by atoms with E-state index in [-0.39, 0.29) is 11.5 Å². The highest BCUT2D eigenvalue weighted by Gasteiger charge is 2.28. The van der Waals surface area contributed by atoms with Gasteiger partial charge >= 0.3 is 0 Å². The molecule has 0 atom stereocenters. The van der Waals surface area contributed by atoms with Crippen molar-refractivity contribution in [3.05, 3.63) is 180 Å². The van der Waals surface area contributed by atoms with Gasteiger partial charge in [0.1, 0.15) is 5.65 Å². The van der Waals surface area contributed by atoms with Crippen molar-refractivity contribution < 1.29 is 0 Å². The number of pyridine rings is 1. The number of fused-ring (bicyclic) bond motifs is 7. The zero-order chi connectivity index (χ0) is 33.9. The first-order valence-corrected chi connectivity index (χ1v) is 16.9. The van der Waals surface area contributed by atoms with Crippen LogP contribution in [0.15, 0.2) is 175 Å². The number of hydrogen-bond donors (Lipinski definition) is 0. The topological polar surface area (TPSA) is 70.5 Å². The zero-order valence-corrected chi connectivity index (χ0v) is 27.3. The molecule has 0 bridgehead atoms. The summed E-state index contributed by atoms with van der Waals surface area (Å²) in [6, 6.07) is 56.5. The lowest BCUT2D eigenvalue weighted by Crippen LogP contribution is -2.23. The number of para-hydroxylation sites is 4. The molecule has 0 amide bonds. The Hall–Kier alpha value is -7.12. The standard InChI is InChI=1S/C44H28N6O/c51-43-38-34-26-14-15-27-35(34)48(31-21-9-3-10-22-31)39(38)37-33-25-13-16-28-36(33)49(32-23-11-4-12-24-32)42(37)50(43)44-46-40(29-17-5-1-6-18-29)45-41(47-44)30-19-7-2-8-20-30/h1-28H. The number of hydrogen-bond acceptors (Lipinski definition) is 4. The SMILES string of the molecule is O=c1c2c3ccccc3n(-c3ccccc3)c2c2c3ccccc3n(-c3ccccc3)c2n1-c1nc(-c2ccccc2)nc(-c2ccccc2)n1. The van der Waals surface area contributed by atoms with Gasteiger partial charge in [-0.15, -0.1) is 0 Å². The molecule has 4 aromatic heterocycles. The van der Waals surface area contributed by atoms with E-state index in [9.17, 15) is 0 Å². The third-order valence-corrected chi connectivity index (χ3v) is 9.51. The Morgan fingerprint density at radius 1 is 0.392 bits per heavy atom. The van der Waals surface area contributed by atoms with Crippen LogP contribution in [0.25, 0.3) is 83.8 Å². The van der Waals surface area contributed by atoms with Gasteiger partial charge in [0.15, 0.2) is 11.6 Å². The maximum absolute atomic E-state index is 15.6. The highest BCUT2D eigenvalue weighted by molar-refractivity contribution is 6.25. The molecule has 0 fully saturated rings. The second-order valence-corrected chi connectivity index (χ2v) is 12.5. The molecule has 0 radical (unpaired) electrons. The van der Waals surface area contributed by atoms with E-state index in [1.54, 1.807) is 4.57 Å². The van der Waals surface area contributed by atoms with Gasteiger partial charge in [0.25, 0.3) is 5.56 Å². The normalized spacial score (nSPS) is 11.6. The summed E-state index contributed by atoms with van der Waals surface area (Å²) in [7, 11) is 0. The predicted octanol–water partition coefficient (Wildman–Crippen LogP) is 9.55. The summed E-state index contributed by atoms with van der Waals surface area (Å²) in [5.74, 6) is 1.21. The van der Waals surface area contributed by atoms with Crippen LogP contribution in [0.5, 0.6) is 0 Å². The van der Waals surface area contributed by atoms with Crippen molar-refractivity contribution in [3.63, 3.8) is 0 Å². The maximum atomic E-state index is 15.6. The largest absolute Gasteiger partial charge is 0.308 e. The molecule has 7 heteroatoms. The molecule has 6 aromatic carbocycles. The summed E-state index contributed by atoms with van der Waals surface area (Å²) in [5.41, 5.74) is 6.74. The molecule has 0 unspecified atom stereocenters. The lowest BCUT2D eigenvalue weighted by molar-refractivity contribution is 0.886. The first kappa shape index (κ1) is 28.9. The van der Waals surface area contributed by atoms with E-state index in [0.29, 0.717) is 22.7 Å². The molecule has 240 valence electrons. The smallest absolute Gasteiger partial charge is 0.269 e. The lowest BCUT2D eigenvalue weighted by Gasteiger charge is -2.15. The summed E-state index contributed by atoms with van der Waals surface area (Å²) >= 11 is 0. The van der Waals surface area contributed by atoms with Crippen molar-refractivity contribution in [1.29, 1.82) is 0 Å². The molecule has 10 rings (SSSR count). The highest BCUT2D eigenvalue weighted by atomic mass is 16.1. The number of rotatable bonds is 5. The molecular formula is C44H28N6O. The molecule has 51 heavy (non-hydrogen) atoms. The van der Waals surface area contributed by atoms with Gasteiger partial charge in [-0.2, -0.15) is 9.97 Å². The average Bonchev–Trinajstić information content (AvgIpc) is 3.73. The summed E-state index contributed by atoms with van der Waals surface area (Å²) in [6.07, 6.45) is 0. The first-order valence-electron chi connectivity index (χ1n) is 16.9. The minimum absolute atomic E-state index is 0.215. The van der Waals surface area contributed by atoms with E-state index in [2.05, 4.69) is 57.7 Å². The summed E-state index contributed by atoms with van der Waals surface area (Å²) in [6.45, 7) is 0. The molecule has 0 aliphatic carbocycles. The molecule has 0 aliphatic rings. The number of benzene rings is 6. The number of aromatic nitrogens is 6. The summed E-state index contributed by atoms with van der Waals surface area (Å²) < 4.78 is 6.08. The van der Waals surface area contributed by atoms with Crippen LogP contribution in [-0.4, -0.2) is 28.7 Å². The van der Waals surface area contributed by atoms with Gasteiger partial charge in [-0.25, -0.2) is 9.55 Å².